The molecule has 1 aromatic heterocycles. The number of thiazole rings is 1. The minimum Gasteiger partial charge on any atom is -0.491 e. The molecule has 0 saturated heterocycles. The van der Waals surface area contributed by atoms with E-state index in [1.54, 1.807) is 18.4 Å². The number of allylic oxidation sites excluding steroid dienone is 1. The molecule has 0 unspecified atom stereocenters. The molecule has 0 saturated carbocycles. The van der Waals surface area contributed by atoms with E-state index in [1.165, 1.54) is 11.3 Å². The smallest absolute Gasteiger partial charge is 0.338 e. The Kier molecular flexibility index (Phi) is 8.94. The van der Waals surface area contributed by atoms with E-state index >= 15 is 0 Å². The van der Waals surface area contributed by atoms with E-state index in [2.05, 4.69) is 4.99 Å². The fourth-order valence-corrected chi connectivity index (χ4v) is 5.93. The lowest BCUT2D eigenvalue weighted by atomic mass is 9.96. The molecule has 1 aliphatic heterocycles. The molecule has 0 amide bonds. The summed E-state index contributed by atoms with van der Waals surface area (Å²) < 4.78 is 19.2. The summed E-state index contributed by atoms with van der Waals surface area (Å²) in [6, 6.07) is 21.8. The molecular weight excluding hydrogens is 572 g/mol. The van der Waals surface area contributed by atoms with Gasteiger partial charge in [-0.2, -0.15) is 0 Å². The van der Waals surface area contributed by atoms with Crippen LogP contribution >= 0.6 is 22.9 Å². The van der Waals surface area contributed by atoms with E-state index in [0.29, 0.717) is 43.7 Å². The van der Waals surface area contributed by atoms with Crippen LogP contribution in [-0.4, -0.2) is 23.2 Å². The largest absolute Gasteiger partial charge is 0.491 e. The highest BCUT2D eigenvalue weighted by Crippen LogP contribution is 2.32. The van der Waals surface area contributed by atoms with Gasteiger partial charge in [0.15, 0.2) is 4.80 Å². The standard InChI is InChI=1S/C33H31ClN2O5S/c1-5-39-32(38)29-21(4)35-33-36(30(29)23-12-16-26(17-13-23)41-20(2)3)31(37)28(42-33)18-22-10-14-25(15-11-22)40-19-24-8-6-7-9-27(24)34/h6-18,20,30H,5,19H2,1-4H3/b28-18-/t30-/m1/s1. The van der Waals surface area contributed by atoms with E-state index in [-0.39, 0.29) is 18.3 Å². The van der Waals surface area contributed by atoms with Crippen LogP contribution < -0.4 is 24.4 Å². The number of fused-ring (bicyclic) bond motifs is 1. The predicted octanol–water partition coefficient (Wildman–Crippen LogP) is 5.82. The topological polar surface area (TPSA) is 79.1 Å². The van der Waals surface area contributed by atoms with Gasteiger partial charge in [-0.05, 0) is 75.2 Å². The third kappa shape index (κ3) is 6.35. The molecule has 0 radical (unpaired) electrons. The number of halogens is 1. The number of aromatic nitrogens is 1. The minimum absolute atomic E-state index is 0.0220. The van der Waals surface area contributed by atoms with E-state index in [1.807, 2.05) is 92.7 Å². The average molecular weight is 603 g/mol. The van der Waals surface area contributed by atoms with Crippen LogP contribution in [0, 0.1) is 0 Å². The van der Waals surface area contributed by atoms with Gasteiger partial charge in [0.1, 0.15) is 18.1 Å². The maximum atomic E-state index is 13.9. The highest BCUT2D eigenvalue weighted by atomic mass is 35.5. The second-order valence-electron chi connectivity index (χ2n) is 9.99. The molecule has 0 bridgehead atoms. The maximum Gasteiger partial charge on any atom is 0.338 e. The number of esters is 1. The van der Waals surface area contributed by atoms with Crippen LogP contribution in [0.15, 0.2) is 93.9 Å². The lowest BCUT2D eigenvalue weighted by Crippen LogP contribution is -2.39. The molecule has 1 aliphatic rings. The Morgan fingerprint density at radius 1 is 1.05 bits per heavy atom. The highest BCUT2D eigenvalue weighted by molar-refractivity contribution is 7.07. The van der Waals surface area contributed by atoms with Gasteiger partial charge in [0.25, 0.3) is 5.56 Å². The van der Waals surface area contributed by atoms with Crippen LogP contribution in [-0.2, 0) is 16.1 Å². The zero-order valence-corrected chi connectivity index (χ0v) is 25.4. The fourth-order valence-electron chi connectivity index (χ4n) is 4.70. The summed E-state index contributed by atoms with van der Waals surface area (Å²) in [5, 5.41) is 0.656. The first-order valence-corrected chi connectivity index (χ1v) is 14.9. The molecule has 0 aliphatic carbocycles. The average Bonchev–Trinajstić information content (AvgIpc) is 3.26. The molecule has 0 N–H and O–H groups in total. The first kappa shape index (κ1) is 29.4. The van der Waals surface area contributed by atoms with E-state index in [0.717, 1.165) is 16.7 Å². The first-order chi connectivity index (χ1) is 20.2. The molecule has 2 heterocycles. The van der Waals surface area contributed by atoms with E-state index in [9.17, 15) is 9.59 Å². The Labute approximate surface area is 253 Å². The third-order valence-corrected chi connectivity index (χ3v) is 7.97. The molecule has 0 fully saturated rings. The van der Waals surface area contributed by atoms with Crippen LogP contribution in [0.3, 0.4) is 0 Å². The lowest BCUT2D eigenvalue weighted by Gasteiger charge is -2.25. The molecule has 4 aromatic rings. The number of nitrogens with zero attached hydrogens (tertiary/aromatic N) is 2. The monoisotopic (exact) mass is 602 g/mol. The number of hydrogen-bond acceptors (Lipinski definition) is 7. The molecule has 0 spiro atoms. The minimum atomic E-state index is -0.684. The van der Waals surface area contributed by atoms with E-state index < -0.39 is 12.0 Å². The number of ether oxygens (including phenoxy) is 3. The lowest BCUT2D eigenvalue weighted by molar-refractivity contribution is -0.139. The molecule has 7 nitrogen and oxygen atoms in total. The van der Waals surface area contributed by atoms with Crippen molar-refractivity contribution in [3.63, 3.8) is 0 Å². The first-order valence-electron chi connectivity index (χ1n) is 13.7. The van der Waals surface area contributed by atoms with Crippen LogP contribution in [0.1, 0.15) is 50.4 Å². The van der Waals surface area contributed by atoms with Crippen molar-refractivity contribution in [3.05, 3.63) is 125 Å². The quantitative estimate of drug-likeness (QED) is 0.226. The van der Waals surface area contributed by atoms with Crippen LogP contribution in [0.2, 0.25) is 5.02 Å². The molecule has 5 rings (SSSR count). The Bertz CT molecular complexity index is 1800. The second-order valence-corrected chi connectivity index (χ2v) is 11.4. The van der Waals surface area contributed by atoms with Crippen LogP contribution in [0.4, 0.5) is 0 Å². The Morgan fingerprint density at radius 2 is 1.74 bits per heavy atom. The number of benzene rings is 3. The Hall–Kier alpha value is -4.14. The molecular formula is C33H31ClN2O5S. The molecule has 216 valence electrons. The molecule has 9 heteroatoms. The van der Waals surface area contributed by atoms with Gasteiger partial charge >= 0.3 is 5.97 Å². The van der Waals surface area contributed by atoms with Crippen molar-refractivity contribution in [1.82, 2.24) is 4.57 Å². The van der Waals surface area contributed by atoms with Gasteiger partial charge in [0.2, 0.25) is 0 Å². The summed E-state index contributed by atoms with van der Waals surface area (Å²) in [6.45, 7) is 8.00. The van der Waals surface area contributed by atoms with Gasteiger partial charge in [-0.3, -0.25) is 9.36 Å². The van der Waals surface area contributed by atoms with Gasteiger partial charge < -0.3 is 14.2 Å². The van der Waals surface area contributed by atoms with Crippen molar-refractivity contribution in [2.24, 2.45) is 4.99 Å². The van der Waals surface area contributed by atoms with Crippen molar-refractivity contribution >= 4 is 35.0 Å². The van der Waals surface area contributed by atoms with E-state index in [4.69, 9.17) is 25.8 Å². The van der Waals surface area contributed by atoms with Crippen molar-refractivity contribution in [2.45, 2.75) is 46.4 Å². The highest BCUT2D eigenvalue weighted by Gasteiger charge is 2.33. The number of rotatable bonds is 9. The van der Waals surface area contributed by atoms with Crippen molar-refractivity contribution in [2.75, 3.05) is 6.61 Å². The Morgan fingerprint density at radius 3 is 2.40 bits per heavy atom. The summed E-state index contributed by atoms with van der Waals surface area (Å²) in [6.07, 6.45) is 1.84. The zero-order chi connectivity index (χ0) is 29.8. The van der Waals surface area contributed by atoms with Gasteiger partial charge in [-0.25, -0.2) is 9.79 Å². The predicted molar refractivity (Wildman–Crippen MR) is 165 cm³/mol. The summed E-state index contributed by atoms with van der Waals surface area (Å²) in [4.78, 5) is 32.1. The summed E-state index contributed by atoms with van der Waals surface area (Å²) in [5.41, 5.74) is 3.12. The third-order valence-electron chi connectivity index (χ3n) is 6.61. The summed E-state index contributed by atoms with van der Waals surface area (Å²) in [5.74, 6) is 0.903. The van der Waals surface area contributed by atoms with Gasteiger partial charge in [-0.1, -0.05) is 65.4 Å². The molecule has 3 aromatic carbocycles. The second kappa shape index (κ2) is 12.8. The maximum absolute atomic E-state index is 13.9. The van der Waals surface area contributed by atoms with Crippen molar-refractivity contribution in [3.8, 4) is 11.5 Å². The number of hydrogen-bond donors (Lipinski definition) is 0. The summed E-state index contributed by atoms with van der Waals surface area (Å²) in [7, 11) is 0. The fraction of sp³-hybridized carbons (Fsp3) is 0.242. The normalized spacial score (nSPS) is 14.9. The Balaban J connectivity index is 1.49. The zero-order valence-electron chi connectivity index (χ0n) is 23.8. The van der Waals surface area contributed by atoms with Crippen molar-refractivity contribution in [1.29, 1.82) is 0 Å². The van der Waals surface area contributed by atoms with Gasteiger partial charge in [0.05, 0.1) is 34.6 Å². The SMILES string of the molecule is CCOC(=O)C1=C(C)N=c2s/c(=C\c3ccc(OCc4ccccc4Cl)cc3)c(=O)n2[C@@H]1c1ccc(OC(C)C)cc1. The van der Waals surface area contributed by atoms with Crippen LogP contribution in [0.5, 0.6) is 11.5 Å². The van der Waals surface area contributed by atoms with Gasteiger partial charge in [0, 0.05) is 10.6 Å². The number of carbonyl (C=O) groups excluding carboxylic acids is 1. The van der Waals surface area contributed by atoms with Gasteiger partial charge in [-0.15, -0.1) is 0 Å². The molecule has 42 heavy (non-hydrogen) atoms. The van der Waals surface area contributed by atoms with Crippen molar-refractivity contribution < 1.29 is 19.0 Å². The summed E-state index contributed by atoms with van der Waals surface area (Å²) >= 11 is 7.51. The molecule has 1 atom stereocenters. The number of carbonyl (C=O) groups is 1. The van der Waals surface area contributed by atoms with Crippen LogP contribution in [0.25, 0.3) is 6.08 Å².